The Balaban J connectivity index is 0.000000810. The van der Waals surface area contributed by atoms with Gasteiger partial charge in [-0.25, -0.2) is 0 Å². The first kappa shape index (κ1) is 9.99. The molecule has 0 radical (unpaired) electrons. The summed E-state index contributed by atoms with van der Waals surface area (Å²) in [4.78, 5) is 9.98. The monoisotopic (exact) mass is 138 g/mol. The van der Waals surface area contributed by atoms with Crippen LogP contribution in [0.3, 0.4) is 0 Å². The van der Waals surface area contributed by atoms with E-state index in [4.69, 9.17) is 10.2 Å². The number of carboxylic acid groups (broad SMARTS) is 1. The first-order chi connectivity index (χ1) is 4.04. The van der Waals surface area contributed by atoms with Gasteiger partial charge in [0.05, 0.1) is 12.1 Å². The minimum absolute atomic E-state index is 0. The van der Waals surface area contributed by atoms with Crippen LogP contribution in [-0.4, -0.2) is 27.9 Å². The fraction of sp³-hybridized carbons (Fsp3) is 0.800. The molecule has 0 aromatic rings. The fourth-order valence-electron chi connectivity index (χ4n) is 0.886. The van der Waals surface area contributed by atoms with E-state index in [2.05, 4.69) is 0 Å². The molecule has 1 fully saturated rings. The third-order valence-electron chi connectivity index (χ3n) is 1.53. The zero-order valence-electron chi connectivity index (χ0n) is 5.70. The number of aliphatic hydroxyl groups is 2. The van der Waals surface area contributed by atoms with Crippen molar-refractivity contribution in [2.75, 3.05) is 0 Å². The van der Waals surface area contributed by atoms with Crippen LogP contribution in [0.5, 0.6) is 0 Å². The Morgan fingerprint density at radius 2 is 2.00 bits per heavy atom. The molecule has 0 unspecified atom stereocenters. The minimum Gasteiger partial charge on any atom is -0.547 e. The van der Waals surface area contributed by atoms with Gasteiger partial charge in [-0.3, -0.25) is 0 Å². The summed E-state index contributed by atoms with van der Waals surface area (Å²) in [5.41, 5.74) is -1.75. The molecule has 2 N–H and O–H groups in total. The molecule has 0 saturated heterocycles. The number of hydrogen-bond acceptors (Lipinski definition) is 4. The normalized spacial score (nSPS) is 37.6. The van der Waals surface area contributed by atoms with Crippen LogP contribution < -0.4 is 24.0 Å². The van der Waals surface area contributed by atoms with Crippen LogP contribution >= 0.6 is 0 Å². The average Bonchev–Trinajstić information content (AvgIpc) is 1.62. The summed E-state index contributed by atoms with van der Waals surface area (Å²) in [5.74, 6) is -1.49. The summed E-state index contributed by atoms with van der Waals surface area (Å²) in [6.07, 6.45) is -0.877. The Hall–Kier alpha value is -0.0126. The standard InChI is InChI=1S/C5H8O4.Li/c6-3-1-5(9,2-3)4(7)8;/h3,6,9H,1-2H2,(H,7,8);/q;+1/p-1. The summed E-state index contributed by atoms with van der Waals surface area (Å²) in [6, 6.07) is 0. The minimum atomic E-state index is -1.75. The largest absolute Gasteiger partial charge is 1.00 e. The fourth-order valence-corrected chi connectivity index (χ4v) is 0.886. The van der Waals surface area contributed by atoms with Crippen LogP contribution in [-0.2, 0) is 4.79 Å². The van der Waals surface area contributed by atoms with E-state index in [1.807, 2.05) is 0 Å². The molecule has 0 bridgehead atoms. The van der Waals surface area contributed by atoms with Gasteiger partial charge >= 0.3 is 18.9 Å². The second kappa shape index (κ2) is 2.93. The molecule has 0 spiro atoms. The molecule has 1 aliphatic rings. The molecule has 1 aliphatic carbocycles. The van der Waals surface area contributed by atoms with E-state index in [-0.39, 0.29) is 31.7 Å². The molecule has 0 atom stereocenters. The predicted molar refractivity (Wildman–Crippen MR) is 25.2 cm³/mol. The molecule has 1 saturated carbocycles. The van der Waals surface area contributed by atoms with Crippen molar-refractivity contribution in [3.63, 3.8) is 0 Å². The smallest absolute Gasteiger partial charge is 0.547 e. The van der Waals surface area contributed by atoms with Crippen molar-refractivity contribution in [3.8, 4) is 0 Å². The van der Waals surface area contributed by atoms with Gasteiger partial charge in [0, 0.05) is 12.8 Å². The molecule has 0 amide bonds. The maximum absolute atomic E-state index is 9.98. The van der Waals surface area contributed by atoms with E-state index >= 15 is 0 Å². The Kier molecular flexibility index (Phi) is 2.93. The van der Waals surface area contributed by atoms with Gasteiger partial charge in [0.25, 0.3) is 0 Å². The van der Waals surface area contributed by atoms with E-state index < -0.39 is 17.7 Å². The topological polar surface area (TPSA) is 80.6 Å². The van der Waals surface area contributed by atoms with Gasteiger partial charge in [0.1, 0.15) is 5.60 Å². The van der Waals surface area contributed by atoms with Gasteiger partial charge in [-0.2, -0.15) is 0 Å². The maximum atomic E-state index is 9.98. The summed E-state index contributed by atoms with van der Waals surface area (Å²) < 4.78 is 0. The Morgan fingerprint density at radius 1 is 1.60 bits per heavy atom. The first-order valence-corrected chi connectivity index (χ1v) is 2.66. The van der Waals surface area contributed by atoms with Crippen molar-refractivity contribution in [2.45, 2.75) is 24.5 Å². The zero-order valence-corrected chi connectivity index (χ0v) is 5.70. The van der Waals surface area contributed by atoms with Gasteiger partial charge < -0.3 is 20.1 Å². The Labute approximate surface area is 70.0 Å². The second-order valence-corrected chi connectivity index (χ2v) is 2.38. The van der Waals surface area contributed by atoms with Crippen LogP contribution in [0.25, 0.3) is 0 Å². The number of carbonyl (C=O) groups excluding carboxylic acids is 1. The van der Waals surface area contributed by atoms with Gasteiger partial charge in [-0.05, 0) is 0 Å². The molecule has 0 aromatic carbocycles. The number of carboxylic acids is 1. The molecular formula is C5H7LiO4. The number of hydrogen-bond donors (Lipinski definition) is 2. The summed E-state index contributed by atoms with van der Waals surface area (Å²) in [7, 11) is 0. The van der Waals surface area contributed by atoms with Gasteiger partial charge in [-0.15, -0.1) is 0 Å². The van der Waals surface area contributed by atoms with Crippen molar-refractivity contribution >= 4 is 5.97 Å². The number of aliphatic carboxylic acids is 1. The second-order valence-electron chi connectivity index (χ2n) is 2.38. The van der Waals surface area contributed by atoms with Crippen LogP contribution in [0.1, 0.15) is 12.8 Å². The summed E-state index contributed by atoms with van der Waals surface area (Å²) in [5, 5.41) is 27.4. The van der Waals surface area contributed by atoms with Crippen LogP contribution in [0.15, 0.2) is 0 Å². The Bertz CT molecular complexity index is 141. The SMILES string of the molecule is O=C([O-])C1(O)CC(O)C1.[Li+]. The van der Waals surface area contributed by atoms with Gasteiger partial charge in [-0.1, -0.05) is 0 Å². The van der Waals surface area contributed by atoms with E-state index in [1.165, 1.54) is 0 Å². The number of aliphatic hydroxyl groups excluding tert-OH is 1. The third-order valence-corrected chi connectivity index (χ3v) is 1.53. The Morgan fingerprint density at radius 3 is 2.10 bits per heavy atom. The van der Waals surface area contributed by atoms with E-state index in [1.54, 1.807) is 0 Å². The quantitative estimate of drug-likeness (QED) is 0.354. The molecule has 0 aliphatic heterocycles. The predicted octanol–water partition coefficient (Wildman–Crippen LogP) is -5.37. The van der Waals surface area contributed by atoms with Gasteiger partial charge in [0.2, 0.25) is 0 Å². The molecule has 10 heavy (non-hydrogen) atoms. The number of rotatable bonds is 1. The van der Waals surface area contributed by atoms with Crippen LogP contribution in [0.4, 0.5) is 0 Å². The van der Waals surface area contributed by atoms with Gasteiger partial charge in [0.15, 0.2) is 0 Å². The van der Waals surface area contributed by atoms with Crippen molar-refractivity contribution in [1.82, 2.24) is 0 Å². The molecule has 0 heterocycles. The van der Waals surface area contributed by atoms with E-state index in [0.717, 1.165) is 0 Å². The maximum Gasteiger partial charge on any atom is 1.00 e. The van der Waals surface area contributed by atoms with E-state index in [0.29, 0.717) is 0 Å². The van der Waals surface area contributed by atoms with Crippen molar-refractivity contribution in [2.24, 2.45) is 0 Å². The molecule has 0 aromatic heterocycles. The zero-order chi connectivity index (χ0) is 7.07. The molecule has 52 valence electrons. The van der Waals surface area contributed by atoms with Crippen LogP contribution in [0.2, 0.25) is 0 Å². The molecule has 5 heteroatoms. The van der Waals surface area contributed by atoms with E-state index in [9.17, 15) is 9.90 Å². The summed E-state index contributed by atoms with van der Waals surface area (Å²) in [6.45, 7) is 0. The molecule has 4 nitrogen and oxygen atoms in total. The van der Waals surface area contributed by atoms with Crippen molar-refractivity contribution in [3.05, 3.63) is 0 Å². The molecular weight excluding hydrogens is 131 g/mol. The third kappa shape index (κ3) is 1.53. The average molecular weight is 138 g/mol. The van der Waals surface area contributed by atoms with Crippen molar-refractivity contribution in [1.29, 1.82) is 0 Å². The molecule has 1 rings (SSSR count). The first-order valence-electron chi connectivity index (χ1n) is 2.66. The summed E-state index contributed by atoms with van der Waals surface area (Å²) >= 11 is 0. The number of carbonyl (C=O) groups is 1. The van der Waals surface area contributed by atoms with Crippen LogP contribution in [0, 0.1) is 0 Å². The van der Waals surface area contributed by atoms with Crippen molar-refractivity contribution < 1.29 is 39.0 Å².